The normalized spacial score (nSPS) is 18.9. The number of ether oxygens (including phenoxy) is 1. The minimum atomic E-state index is -0.331. The number of allylic oxidation sites excluding steroid dienone is 1. The third-order valence-electron chi connectivity index (χ3n) is 4.85. The van der Waals surface area contributed by atoms with Gasteiger partial charge in [-0.15, -0.1) is 0 Å². The molecule has 1 aliphatic carbocycles. The van der Waals surface area contributed by atoms with Crippen LogP contribution in [0.25, 0.3) is 6.08 Å². The molecular weight excluding hydrogens is 328 g/mol. The number of nitrogens with zero attached hydrogens (tertiary/aromatic N) is 1. The van der Waals surface area contributed by atoms with Crippen LogP contribution < -0.4 is 5.32 Å². The smallest absolute Gasteiger partial charge is 0.407 e. The molecule has 1 aliphatic rings. The predicted octanol–water partition coefficient (Wildman–Crippen LogP) is 4.76. The molecule has 5 heteroatoms. The van der Waals surface area contributed by atoms with Gasteiger partial charge in [-0.1, -0.05) is 32.3 Å². The summed E-state index contributed by atoms with van der Waals surface area (Å²) in [7, 11) is 1.58. The summed E-state index contributed by atoms with van der Waals surface area (Å²) in [6.07, 6.45) is 12.2. The predicted molar refractivity (Wildman–Crippen MR) is 104 cm³/mol. The lowest BCUT2D eigenvalue weighted by Crippen LogP contribution is -2.20. The highest BCUT2D eigenvalue weighted by molar-refractivity contribution is 5.67. The van der Waals surface area contributed by atoms with E-state index < -0.39 is 0 Å². The van der Waals surface area contributed by atoms with Gasteiger partial charge in [0.2, 0.25) is 0 Å². The van der Waals surface area contributed by atoms with Crippen molar-refractivity contribution in [3.05, 3.63) is 29.1 Å². The molecule has 0 saturated heterocycles. The number of rotatable bonds is 10. The number of hydrogen-bond acceptors (Lipinski definition) is 4. The molecule has 2 unspecified atom stereocenters. The van der Waals surface area contributed by atoms with Gasteiger partial charge in [-0.3, -0.25) is 0 Å². The molecule has 2 atom stereocenters. The summed E-state index contributed by atoms with van der Waals surface area (Å²) in [6, 6.07) is 1.82. The largest absolute Gasteiger partial charge is 0.506 e. The molecule has 1 fully saturated rings. The van der Waals surface area contributed by atoms with Gasteiger partial charge in [-0.2, -0.15) is 0 Å². The topological polar surface area (TPSA) is 71.5 Å². The minimum absolute atomic E-state index is 0.107. The van der Waals surface area contributed by atoms with Crippen molar-refractivity contribution in [3.8, 4) is 5.75 Å². The molecule has 0 aromatic carbocycles. The van der Waals surface area contributed by atoms with Crippen LogP contribution >= 0.6 is 0 Å². The van der Waals surface area contributed by atoms with E-state index in [0.29, 0.717) is 11.7 Å². The van der Waals surface area contributed by atoms with E-state index in [-0.39, 0.29) is 12.2 Å². The molecule has 144 valence electrons. The van der Waals surface area contributed by atoms with Gasteiger partial charge in [0.25, 0.3) is 0 Å². The Kier molecular flexibility index (Phi) is 7.95. The fourth-order valence-corrected chi connectivity index (χ4v) is 3.11. The molecule has 1 saturated carbocycles. The lowest BCUT2D eigenvalue weighted by molar-refractivity contribution is 0.134. The summed E-state index contributed by atoms with van der Waals surface area (Å²) in [5.74, 6) is 0.824. The second-order valence-corrected chi connectivity index (χ2v) is 7.14. The maximum absolute atomic E-state index is 11.1. The van der Waals surface area contributed by atoms with Crippen LogP contribution in [0.5, 0.6) is 5.75 Å². The van der Waals surface area contributed by atoms with Crippen LogP contribution in [0.1, 0.15) is 68.8 Å². The molecule has 2 rings (SSSR count). The second kappa shape index (κ2) is 10.2. The number of aromatic hydroxyl groups is 1. The highest BCUT2D eigenvalue weighted by Crippen LogP contribution is 2.38. The molecule has 1 aromatic rings. The molecule has 2 N–H and O–H groups in total. The Labute approximate surface area is 156 Å². The first kappa shape index (κ1) is 20.3. The molecule has 0 radical (unpaired) electrons. The highest BCUT2D eigenvalue weighted by Gasteiger charge is 2.39. The molecule has 1 aromatic heterocycles. The molecular formula is C21H32N2O3. The van der Waals surface area contributed by atoms with E-state index >= 15 is 0 Å². The number of alkyl carbamates (subject to hydrolysis) is 1. The van der Waals surface area contributed by atoms with Gasteiger partial charge in [-0.25, -0.2) is 9.78 Å². The Hall–Kier alpha value is -2.04. The quantitative estimate of drug-likeness (QED) is 0.590. The van der Waals surface area contributed by atoms with Gasteiger partial charge >= 0.3 is 6.09 Å². The number of carbonyl (C=O) groups is 1. The van der Waals surface area contributed by atoms with E-state index in [0.717, 1.165) is 68.3 Å². The average Bonchev–Trinajstić information content (AvgIpc) is 3.35. The van der Waals surface area contributed by atoms with Crippen LogP contribution in [0.2, 0.25) is 0 Å². The number of carbonyl (C=O) groups excluding carboxylic acids is 1. The van der Waals surface area contributed by atoms with E-state index in [4.69, 9.17) is 4.74 Å². The Morgan fingerprint density at radius 1 is 1.42 bits per heavy atom. The van der Waals surface area contributed by atoms with Crippen molar-refractivity contribution in [2.24, 2.45) is 5.92 Å². The van der Waals surface area contributed by atoms with E-state index in [9.17, 15) is 9.90 Å². The number of hydrogen-bond donors (Lipinski definition) is 2. The Morgan fingerprint density at radius 3 is 2.96 bits per heavy atom. The van der Waals surface area contributed by atoms with Crippen molar-refractivity contribution in [3.63, 3.8) is 0 Å². The Morgan fingerprint density at radius 2 is 2.23 bits per heavy atom. The number of pyridine rings is 1. The van der Waals surface area contributed by atoms with E-state index in [1.54, 1.807) is 7.05 Å². The molecule has 26 heavy (non-hydrogen) atoms. The van der Waals surface area contributed by atoms with E-state index in [2.05, 4.69) is 29.4 Å². The van der Waals surface area contributed by atoms with Crippen molar-refractivity contribution in [1.82, 2.24) is 10.3 Å². The monoisotopic (exact) mass is 360 g/mol. The highest BCUT2D eigenvalue weighted by atomic mass is 16.6. The van der Waals surface area contributed by atoms with Crippen LogP contribution in [0.15, 0.2) is 12.1 Å². The first-order valence-corrected chi connectivity index (χ1v) is 9.79. The molecule has 0 aliphatic heterocycles. The zero-order valence-corrected chi connectivity index (χ0v) is 16.3. The summed E-state index contributed by atoms with van der Waals surface area (Å²) >= 11 is 0. The zero-order chi connectivity index (χ0) is 18.9. The fourth-order valence-electron chi connectivity index (χ4n) is 3.11. The van der Waals surface area contributed by atoms with Crippen LogP contribution in [0, 0.1) is 12.8 Å². The number of aromatic nitrogens is 1. The summed E-state index contributed by atoms with van der Waals surface area (Å²) in [5.41, 5.74) is 2.76. The molecule has 1 heterocycles. The summed E-state index contributed by atoms with van der Waals surface area (Å²) in [6.45, 7) is 4.14. The van der Waals surface area contributed by atoms with Gasteiger partial charge in [0.1, 0.15) is 11.9 Å². The standard InChI is InChI=1S/C21H32N2O3/c1-4-5-7-11-17-15(2)13-19(24)18(23-17)12-9-6-8-10-16-14-20(16)26-21(25)22-3/h7,11,13,16,20,24H,4-6,8-10,12,14H2,1-3H3,(H,22,25). The number of aryl methyl sites for hydroxylation is 2. The lowest BCUT2D eigenvalue weighted by atomic mass is 10.1. The summed E-state index contributed by atoms with van der Waals surface area (Å²) in [5, 5.41) is 12.6. The average molecular weight is 360 g/mol. The summed E-state index contributed by atoms with van der Waals surface area (Å²) < 4.78 is 5.23. The maximum atomic E-state index is 11.1. The van der Waals surface area contributed by atoms with Gasteiger partial charge < -0.3 is 15.2 Å². The third kappa shape index (κ3) is 6.36. The van der Waals surface area contributed by atoms with Crippen molar-refractivity contribution < 1.29 is 14.6 Å². The van der Waals surface area contributed by atoms with Crippen molar-refractivity contribution >= 4 is 12.2 Å². The Balaban J connectivity index is 1.71. The summed E-state index contributed by atoms with van der Waals surface area (Å²) in [4.78, 5) is 15.8. The number of unbranched alkanes of at least 4 members (excludes halogenated alkanes) is 3. The third-order valence-corrected chi connectivity index (χ3v) is 4.85. The van der Waals surface area contributed by atoms with Gasteiger partial charge in [0, 0.05) is 7.05 Å². The van der Waals surface area contributed by atoms with E-state index in [1.165, 1.54) is 0 Å². The van der Waals surface area contributed by atoms with Crippen LogP contribution in [0.3, 0.4) is 0 Å². The maximum Gasteiger partial charge on any atom is 0.407 e. The number of nitrogens with one attached hydrogen (secondary N) is 1. The van der Waals surface area contributed by atoms with Crippen molar-refractivity contribution in [2.45, 2.75) is 71.3 Å². The van der Waals surface area contributed by atoms with Crippen LogP contribution in [-0.2, 0) is 11.2 Å². The number of amides is 1. The second-order valence-electron chi connectivity index (χ2n) is 7.14. The van der Waals surface area contributed by atoms with E-state index in [1.807, 2.05) is 13.0 Å². The minimum Gasteiger partial charge on any atom is -0.506 e. The fraction of sp³-hybridized carbons (Fsp3) is 0.619. The first-order chi connectivity index (χ1) is 12.5. The van der Waals surface area contributed by atoms with Crippen LogP contribution in [0.4, 0.5) is 4.79 Å². The molecule has 5 nitrogen and oxygen atoms in total. The molecule has 0 spiro atoms. The lowest BCUT2D eigenvalue weighted by Gasteiger charge is -2.08. The molecule has 0 bridgehead atoms. The van der Waals surface area contributed by atoms with Crippen molar-refractivity contribution in [1.29, 1.82) is 0 Å². The zero-order valence-electron chi connectivity index (χ0n) is 16.3. The Bertz CT molecular complexity index is 628. The molecule has 1 amide bonds. The van der Waals surface area contributed by atoms with Gasteiger partial charge in [0.15, 0.2) is 0 Å². The van der Waals surface area contributed by atoms with Gasteiger partial charge in [-0.05, 0) is 62.7 Å². The van der Waals surface area contributed by atoms with Gasteiger partial charge in [0.05, 0.1) is 11.4 Å². The SMILES string of the molecule is CCCC=Cc1nc(CCCCCC2CC2OC(=O)NC)c(O)cc1C. The van der Waals surface area contributed by atoms with Crippen molar-refractivity contribution in [2.75, 3.05) is 7.05 Å². The van der Waals surface area contributed by atoms with Crippen LogP contribution in [-0.4, -0.2) is 29.3 Å². The first-order valence-electron chi connectivity index (χ1n) is 9.79.